The van der Waals surface area contributed by atoms with Crippen LogP contribution in [0.1, 0.15) is 0 Å². The Morgan fingerprint density at radius 2 is 1.71 bits per heavy atom. The molecule has 1 aromatic carbocycles. The van der Waals surface area contributed by atoms with Crippen molar-refractivity contribution in [2.24, 2.45) is 0 Å². The second kappa shape index (κ2) is 3.54. The van der Waals surface area contributed by atoms with Gasteiger partial charge < -0.3 is 0 Å². The molecule has 0 aliphatic carbocycles. The van der Waals surface area contributed by atoms with Crippen LogP contribution in [0.25, 0.3) is 0 Å². The van der Waals surface area contributed by atoms with Gasteiger partial charge in [0.15, 0.2) is 11.6 Å². The first-order chi connectivity index (χ1) is 6.37. The van der Waals surface area contributed by atoms with E-state index >= 15 is 0 Å². The molecule has 0 spiro atoms. The number of halogens is 4. The van der Waals surface area contributed by atoms with Gasteiger partial charge >= 0.3 is 0 Å². The molecule has 0 radical (unpaired) electrons. The molecule has 0 aliphatic rings. The van der Waals surface area contributed by atoms with Crippen LogP contribution in [-0.2, 0) is 10.0 Å². The van der Waals surface area contributed by atoms with Crippen LogP contribution in [-0.4, -0.2) is 13.2 Å². The summed E-state index contributed by atoms with van der Waals surface area (Å²) in [6.07, 6.45) is 0. The van der Waals surface area contributed by atoms with E-state index in [2.05, 4.69) is 0 Å². The first-order valence-corrected chi connectivity index (χ1v) is 4.62. The summed E-state index contributed by atoms with van der Waals surface area (Å²) < 4.78 is 67.9. The molecule has 0 bridgehead atoms. The van der Waals surface area contributed by atoms with E-state index in [-0.39, 0.29) is 0 Å². The van der Waals surface area contributed by atoms with Gasteiger partial charge in [-0.25, -0.2) is 17.2 Å². The molecule has 0 saturated carbocycles. The Hall–Kier alpha value is -1.15. The van der Waals surface area contributed by atoms with Crippen LogP contribution in [0.2, 0.25) is 0 Å². The third kappa shape index (κ3) is 1.70. The highest BCUT2D eigenvalue weighted by atomic mass is 32.2. The largest absolute Gasteiger partial charge is 0.300 e. The molecule has 0 fully saturated rings. The molecule has 0 saturated heterocycles. The van der Waals surface area contributed by atoms with Crippen molar-refractivity contribution in [2.75, 3.05) is 0 Å². The Balaban J connectivity index is 3.42. The number of rotatable bonds is 2. The lowest BCUT2D eigenvalue weighted by atomic mass is 10.3. The van der Waals surface area contributed by atoms with Crippen molar-refractivity contribution in [1.82, 2.24) is 4.75 Å². The van der Waals surface area contributed by atoms with Crippen molar-refractivity contribution in [2.45, 2.75) is 4.90 Å². The van der Waals surface area contributed by atoms with Crippen molar-refractivity contribution in [3.05, 3.63) is 29.8 Å². The number of hydrogen-bond acceptors (Lipinski definition) is 2. The molecule has 78 valence electrons. The molecule has 0 heterocycles. The molecule has 1 rings (SSSR count). The van der Waals surface area contributed by atoms with E-state index in [9.17, 15) is 26.2 Å². The molecular formula is C6H3F4NO2S. The summed E-state index contributed by atoms with van der Waals surface area (Å²) in [7, 11) is -5.25. The van der Waals surface area contributed by atoms with Crippen molar-refractivity contribution < 1.29 is 26.2 Å². The highest BCUT2D eigenvalue weighted by molar-refractivity contribution is 7.88. The van der Waals surface area contributed by atoms with E-state index < -0.39 is 31.3 Å². The van der Waals surface area contributed by atoms with E-state index in [0.29, 0.717) is 12.1 Å². The predicted octanol–water partition coefficient (Wildman–Crippen LogP) is 1.72. The summed E-state index contributed by atoms with van der Waals surface area (Å²) in [6, 6.07) is 1.98. The topological polar surface area (TPSA) is 37.4 Å². The van der Waals surface area contributed by atoms with Crippen molar-refractivity contribution >= 4 is 10.0 Å². The molecule has 0 aliphatic heterocycles. The SMILES string of the molecule is O=S(=O)(c1cccc(F)c1F)N(F)F. The minimum absolute atomic E-state index is 0.542. The zero-order valence-corrected chi connectivity index (χ0v) is 7.23. The van der Waals surface area contributed by atoms with Gasteiger partial charge in [0.2, 0.25) is 0 Å². The number of hydrogen-bond donors (Lipinski definition) is 0. The molecule has 0 aromatic heterocycles. The Bertz CT molecular complexity index is 445. The van der Waals surface area contributed by atoms with Crippen molar-refractivity contribution in [3.63, 3.8) is 0 Å². The highest BCUT2D eigenvalue weighted by Gasteiger charge is 2.29. The van der Waals surface area contributed by atoms with Crippen LogP contribution < -0.4 is 0 Å². The summed E-state index contributed by atoms with van der Waals surface area (Å²) in [6.45, 7) is 0. The molecule has 0 N–H and O–H groups in total. The third-order valence-corrected chi connectivity index (χ3v) is 2.61. The Morgan fingerprint density at radius 1 is 1.14 bits per heavy atom. The van der Waals surface area contributed by atoms with E-state index in [4.69, 9.17) is 0 Å². The lowest BCUT2D eigenvalue weighted by molar-refractivity contribution is -0.0540. The van der Waals surface area contributed by atoms with E-state index in [1.54, 1.807) is 0 Å². The minimum Gasteiger partial charge on any atom is -0.204 e. The van der Waals surface area contributed by atoms with Crippen LogP contribution in [0.15, 0.2) is 23.1 Å². The Kier molecular flexibility index (Phi) is 2.76. The summed E-state index contributed by atoms with van der Waals surface area (Å²) >= 11 is 0. The maximum atomic E-state index is 12.7. The molecule has 14 heavy (non-hydrogen) atoms. The zero-order valence-electron chi connectivity index (χ0n) is 6.42. The fraction of sp³-hybridized carbons (Fsp3) is 0. The second-order valence-electron chi connectivity index (χ2n) is 2.23. The number of sulfonamides is 1. The average Bonchev–Trinajstić information content (AvgIpc) is 2.09. The molecular weight excluding hydrogens is 226 g/mol. The Morgan fingerprint density at radius 3 is 2.21 bits per heavy atom. The minimum atomic E-state index is -5.25. The smallest absolute Gasteiger partial charge is 0.204 e. The van der Waals surface area contributed by atoms with Gasteiger partial charge in [0.05, 0.1) is 0 Å². The predicted molar refractivity (Wildman–Crippen MR) is 37.6 cm³/mol. The molecule has 1 aromatic rings. The monoisotopic (exact) mass is 229 g/mol. The van der Waals surface area contributed by atoms with Gasteiger partial charge in [-0.15, -0.1) is 0 Å². The van der Waals surface area contributed by atoms with Crippen LogP contribution in [0, 0.1) is 11.6 Å². The normalized spacial score (nSPS) is 12.1. The quantitative estimate of drug-likeness (QED) is 0.572. The van der Waals surface area contributed by atoms with Crippen molar-refractivity contribution in [1.29, 1.82) is 0 Å². The standard InChI is InChI=1S/C6H3F4NO2S/c7-4-2-1-3-5(6(4)8)14(12,13)11(9)10/h1-3H. The second-order valence-corrected chi connectivity index (χ2v) is 3.89. The third-order valence-electron chi connectivity index (χ3n) is 1.38. The maximum Gasteiger partial charge on any atom is 0.300 e. The van der Waals surface area contributed by atoms with Gasteiger partial charge in [0.25, 0.3) is 10.0 Å². The van der Waals surface area contributed by atoms with Crippen LogP contribution in [0.4, 0.5) is 17.7 Å². The number of nitrogens with zero attached hydrogens (tertiary/aromatic N) is 1. The first-order valence-electron chi connectivity index (χ1n) is 3.18. The van der Waals surface area contributed by atoms with Gasteiger partial charge in [0, 0.05) is 0 Å². The maximum absolute atomic E-state index is 12.7. The Labute approximate surface area is 76.5 Å². The summed E-state index contributed by atoms with van der Waals surface area (Å²) in [5.41, 5.74) is 0. The fourth-order valence-corrected chi connectivity index (χ4v) is 1.48. The molecule has 8 heteroatoms. The summed E-state index contributed by atoms with van der Waals surface area (Å²) in [5, 5.41) is 0. The lowest BCUT2D eigenvalue weighted by Gasteiger charge is -2.04. The van der Waals surface area contributed by atoms with E-state index in [1.807, 2.05) is 0 Å². The average molecular weight is 229 g/mol. The molecule has 0 amide bonds. The molecule has 0 unspecified atom stereocenters. The van der Waals surface area contributed by atoms with Crippen LogP contribution >= 0.6 is 0 Å². The first kappa shape index (κ1) is 10.9. The van der Waals surface area contributed by atoms with Gasteiger partial charge in [0.1, 0.15) is 9.64 Å². The van der Waals surface area contributed by atoms with Gasteiger partial charge in [-0.1, -0.05) is 15.0 Å². The van der Waals surface area contributed by atoms with Crippen LogP contribution in [0.3, 0.4) is 0 Å². The summed E-state index contributed by atoms with van der Waals surface area (Å²) in [4.78, 5) is -1.40. The van der Waals surface area contributed by atoms with Gasteiger partial charge in [-0.05, 0) is 12.1 Å². The lowest BCUT2D eigenvalue weighted by Crippen LogP contribution is -2.16. The number of benzene rings is 1. The summed E-state index contributed by atoms with van der Waals surface area (Å²) in [5.74, 6) is -3.33. The van der Waals surface area contributed by atoms with Crippen molar-refractivity contribution in [3.8, 4) is 0 Å². The van der Waals surface area contributed by atoms with Crippen LogP contribution in [0.5, 0.6) is 0 Å². The zero-order chi connectivity index (χ0) is 10.9. The highest BCUT2D eigenvalue weighted by Crippen LogP contribution is 2.21. The molecule has 3 nitrogen and oxygen atoms in total. The molecule has 0 atom stereocenters. The van der Waals surface area contributed by atoms with Gasteiger partial charge in [-0.3, -0.25) is 0 Å². The van der Waals surface area contributed by atoms with E-state index in [0.717, 1.165) is 6.07 Å². The van der Waals surface area contributed by atoms with Gasteiger partial charge in [-0.2, -0.15) is 0 Å². The van der Waals surface area contributed by atoms with E-state index in [1.165, 1.54) is 0 Å². The fourth-order valence-electron chi connectivity index (χ4n) is 0.758.